The molecule has 0 unspecified atom stereocenters. The van der Waals surface area contributed by atoms with Gasteiger partial charge in [-0.3, -0.25) is 4.55 Å². The second-order valence-corrected chi connectivity index (χ2v) is 7.01. The first-order chi connectivity index (χ1) is 7.67. The molecular formula is C8H19NO6S2. The van der Waals surface area contributed by atoms with Crippen LogP contribution in [0.25, 0.3) is 0 Å². The molecule has 0 aliphatic carbocycles. The van der Waals surface area contributed by atoms with Gasteiger partial charge in [-0.1, -0.05) is 13.3 Å². The molecule has 104 valence electrons. The number of unbranched alkanes of at least 4 members (excludes halogenated alkanes) is 1. The maximum absolute atomic E-state index is 11.3. The van der Waals surface area contributed by atoms with Crippen molar-refractivity contribution in [2.75, 3.05) is 31.9 Å². The lowest BCUT2D eigenvalue weighted by Crippen LogP contribution is -2.34. The van der Waals surface area contributed by atoms with Crippen LogP contribution in [0.15, 0.2) is 0 Å². The number of nitrogens with zero attached hydrogens (tertiary/aromatic N) is 1. The average molecular weight is 289 g/mol. The number of hydrogen-bond donors (Lipinski definition) is 1. The van der Waals surface area contributed by atoms with Crippen molar-refractivity contribution in [1.82, 2.24) is 4.31 Å². The molecule has 0 bridgehead atoms. The summed E-state index contributed by atoms with van der Waals surface area (Å²) in [5, 5.41) is 0. The normalized spacial score (nSPS) is 13.2. The van der Waals surface area contributed by atoms with Crippen molar-refractivity contribution in [3.05, 3.63) is 0 Å². The van der Waals surface area contributed by atoms with Crippen LogP contribution in [0.2, 0.25) is 0 Å². The van der Waals surface area contributed by atoms with Crippen LogP contribution in [0.3, 0.4) is 0 Å². The molecule has 0 amide bonds. The fourth-order valence-corrected chi connectivity index (χ4v) is 2.30. The van der Waals surface area contributed by atoms with Gasteiger partial charge in [0.1, 0.15) is 0 Å². The molecule has 7 nitrogen and oxygen atoms in total. The minimum absolute atomic E-state index is 0.0728. The summed E-state index contributed by atoms with van der Waals surface area (Å²) in [7, 11) is -7.48. The van der Waals surface area contributed by atoms with E-state index in [2.05, 4.69) is 4.74 Å². The molecule has 0 saturated heterocycles. The predicted molar refractivity (Wildman–Crippen MR) is 63.7 cm³/mol. The van der Waals surface area contributed by atoms with Gasteiger partial charge in [-0.25, -0.2) is 8.42 Å². The van der Waals surface area contributed by atoms with Gasteiger partial charge in [0.15, 0.2) is 5.94 Å². The maximum atomic E-state index is 11.3. The molecule has 9 heteroatoms. The highest BCUT2D eigenvalue weighted by Crippen LogP contribution is 2.01. The summed E-state index contributed by atoms with van der Waals surface area (Å²) in [5.74, 6) is -0.821. The van der Waals surface area contributed by atoms with Gasteiger partial charge in [-0.15, -0.1) is 0 Å². The molecule has 0 spiro atoms. The van der Waals surface area contributed by atoms with Gasteiger partial charge in [0.25, 0.3) is 10.1 Å². The van der Waals surface area contributed by atoms with E-state index in [1.807, 2.05) is 6.92 Å². The Morgan fingerprint density at radius 2 is 1.76 bits per heavy atom. The van der Waals surface area contributed by atoms with Gasteiger partial charge in [0.05, 0.1) is 12.9 Å². The molecule has 0 saturated carbocycles. The summed E-state index contributed by atoms with van der Waals surface area (Å²) in [5.41, 5.74) is 0. The first-order valence-corrected chi connectivity index (χ1v) is 8.60. The van der Waals surface area contributed by atoms with Gasteiger partial charge in [-0.05, 0) is 6.42 Å². The zero-order valence-corrected chi connectivity index (χ0v) is 11.6. The van der Waals surface area contributed by atoms with Crippen LogP contribution < -0.4 is 0 Å². The Bertz CT molecular complexity index is 402. The molecule has 1 N–H and O–H groups in total. The summed E-state index contributed by atoms with van der Waals surface area (Å²) in [6, 6.07) is 0. The van der Waals surface area contributed by atoms with E-state index < -0.39 is 26.1 Å². The van der Waals surface area contributed by atoms with Crippen molar-refractivity contribution < 1.29 is 26.1 Å². The number of rotatable bonds is 9. The van der Waals surface area contributed by atoms with Crippen LogP contribution in [0.5, 0.6) is 0 Å². The quantitative estimate of drug-likeness (QED) is 0.470. The zero-order valence-electron chi connectivity index (χ0n) is 9.99. The third kappa shape index (κ3) is 9.48. The smallest absolute Gasteiger partial charge is 0.289 e. The summed E-state index contributed by atoms with van der Waals surface area (Å²) >= 11 is 0. The SMILES string of the molecule is CCCCN(CCOCS(=O)(=O)O)S(C)(=O)=O. The second kappa shape index (κ2) is 7.27. The fourth-order valence-electron chi connectivity index (χ4n) is 1.11. The summed E-state index contributed by atoms with van der Waals surface area (Å²) in [6.07, 6.45) is 2.68. The molecule has 0 heterocycles. The number of hydrogen-bond acceptors (Lipinski definition) is 5. The average Bonchev–Trinajstić information content (AvgIpc) is 2.13. The van der Waals surface area contributed by atoms with Gasteiger partial charge in [0, 0.05) is 13.1 Å². The Hall–Kier alpha value is -0.220. The van der Waals surface area contributed by atoms with Crippen molar-refractivity contribution in [2.45, 2.75) is 19.8 Å². The van der Waals surface area contributed by atoms with Crippen LogP contribution in [0, 0.1) is 0 Å². The molecule has 0 atom stereocenters. The summed E-state index contributed by atoms with van der Waals surface area (Å²) in [6.45, 7) is 2.32. The Morgan fingerprint density at radius 1 is 1.18 bits per heavy atom. The second-order valence-electron chi connectivity index (χ2n) is 3.62. The third-order valence-electron chi connectivity index (χ3n) is 1.95. The largest absolute Gasteiger partial charge is 0.362 e. The van der Waals surface area contributed by atoms with Crippen LogP contribution in [-0.4, -0.2) is 57.6 Å². The van der Waals surface area contributed by atoms with Crippen LogP contribution >= 0.6 is 0 Å². The van der Waals surface area contributed by atoms with Crippen molar-refractivity contribution in [2.24, 2.45) is 0 Å². The molecule has 0 aliphatic heterocycles. The van der Waals surface area contributed by atoms with Crippen molar-refractivity contribution >= 4 is 20.1 Å². The van der Waals surface area contributed by atoms with E-state index in [0.29, 0.717) is 6.54 Å². The van der Waals surface area contributed by atoms with Crippen molar-refractivity contribution in [1.29, 1.82) is 0 Å². The molecule has 0 aromatic rings. The third-order valence-corrected chi connectivity index (χ3v) is 3.72. The molecule has 0 radical (unpaired) electrons. The molecule has 0 aliphatic rings. The molecule has 0 fully saturated rings. The summed E-state index contributed by atoms with van der Waals surface area (Å²) in [4.78, 5) is 0. The molecule has 0 aromatic heterocycles. The van der Waals surface area contributed by atoms with Crippen LogP contribution in [-0.2, 0) is 24.9 Å². The first-order valence-electron chi connectivity index (χ1n) is 5.15. The lowest BCUT2D eigenvalue weighted by molar-refractivity contribution is 0.155. The Balaban J connectivity index is 4.10. The lowest BCUT2D eigenvalue weighted by atomic mass is 10.3. The molecular weight excluding hydrogens is 270 g/mol. The van der Waals surface area contributed by atoms with Gasteiger partial charge in [0.2, 0.25) is 10.0 Å². The Kier molecular flexibility index (Phi) is 7.17. The number of sulfonamides is 1. The van der Waals surface area contributed by atoms with E-state index in [1.54, 1.807) is 0 Å². The van der Waals surface area contributed by atoms with E-state index in [9.17, 15) is 16.8 Å². The maximum Gasteiger partial charge on any atom is 0.289 e. The topological polar surface area (TPSA) is 101 Å². The lowest BCUT2D eigenvalue weighted by Gasteiger charge is -2.19. The highest BCUT2D eigenvalue weighted by Gasteiger charge is 2.15. The van der Waals surface area contributed by atoms with E-state index >= 15 is 0 Å². The highest BCUT2D eigenvalue weighted by molar-refractivity contribution is 7.88. The summed E-state index contributed by atoms with van der Waals surface area (Å²) < 4.78 is 57.6. The van der Waals surface area contributed by atoms with Crippen LogP contribution in [0.1, 0.15) is 19.8 Å². The minimum atomic E-state index is -4.16. The zero-order chi connectivity index (χ0) is 13.5. The minimum Gasteiger partial charge on any atom is -0.362 e. The Morgan fingerprint density at radius 3 is 2.18 bits per heavy atom. The Labute approximate surface area is 103 Å². The van der Waals surface area contributed by atoms with Gasteiger partial charge >= 0.3 is 0 Å². The van der Waals surface area contributed by atoms with E-state index in [-0.39, 0.29) is 13.2 Å². The standard InChI is InChI=1S/C8H19NO6S2/c1-3-4-5-9(16(2,10)11)6-7-15-8-17(12,13)14/h3-8H2,1-2H3,(H,12,13,14). The predicted octanol–water partition coefficient (Wildman–Crippen LogP) is -0.0900. The number of ether oxygens (including phenoxy) is 1. The van der Waals surface area contributed by atoms with Crippen LogP contribution in [0.4, 0.5) is 0 Å². The highest BCUT2D eigenvalue weighted by atomic mass is 32.2. The van der Waals surface area contributed by atoms with Crippen molar-refractivity contribution in [3.63, 3.8) is 0 Å². The van der Waals surface area contributed by atoms with Gasteiger partial charge < -0.3 is 4.74 Å². The first kappa shape index (κ1) is 16.8. The molecule has 0 rings (SSSR count). The monoisotopic (exact) mass is 289 g/mol. The van der Waals surface area contributed by atoms with Gasteiger partial charge in [-0.2, -0.15) is 12.7 Å². The van der Waals surface area contributed by atoms with E-state index in [4.69, 9.17) is 4.55 Å². The van der Waals surface area contributed by atoms with E-state index in [1.165, 1.54) is 4.31 Å². The van der Waals surface area contributed by atoms with Crippen molar-refractivity contribution in [3.8, 4) is 0 Å². The van der Waals surface area contributed by atoms with E-state index in [0.717, 1.165) is 19.1 Å². The molecule has 17 heavy (non-hydrogen) atoms. The fraction of sp³-hybridized carbons (Fsp3) is 1.00. The molecule has 0 aromatic carbocycles.